The summed E-state index contributed by atoms with van der Waals surface area (Å²) in [6, 6.07) is 7.54. The number of aromatic nitrogens is 1. The van der Waals surface area contributed by atoms with E-state index in [1.165, 1.54) is 0 Å². The van der Waals surface area contributed by atoms with Gasteiger partial charge in [0.25, 0.3) is 0 Å². The largest absolute Gasteiger partial charge is 0.493 e. The second-order valence-corrected chi connectivity index (χ2v) is 4.47. The van der Waals surface area contributed by atoms with Crippen LogP contribution in [0.3, 0.4) is 0 Å². The summed E-state index contributed by atoms with van der Waals surface area (Å²) in [4.78, 5) is 4.00. The summed E-state index contributed by atoms with van der Waals surface area (Å²) in [5, 5.41) is 3.68. The molecule has 106 valence electrons. The van der Waals surface area contributed by atoms with E-state index in [1.807, 2.05) is 32.2 Å². The van der Waals surface area contributed by atoms with E-state index < -0.39 is 0 Å². The van der Waals surface area contributed by atoms with Crippen LogP contribution in [0.25, 0.3) is 0 Å². The second kappa shape index (κ2) is 7.01. The molecule has 0 aliphatic carbocycles. The molecule has 0 bridgehead atoms. The number of anilines is 1. The Morgan fingerprint density at radius 2 is 2.05 bits per heavy atom. The lowest BCUT2D eigenvalue weighted by molar-refractivity contribution is 0.286. The molecule has 0 spiro atoms. The van der Waals surface area contributed by atoms with Crippen LogP contribution in [-0.4, -0.2) is 18.6 Å². The highest BCUT2D eigenvalue weighted by Crippen LogP contribution is 2.29. The van der Waals surface area contributed by atoms with Gasteiger partial charge in [-0.2, -0.15) is 0 Å². The quantitative estimate of drug-likeness (QED) is 0.880. The van der Waals surface area contributed by atoms with Gasteiger partial charge in [0.2, 0.25) is 0 Å². The number of halogens is 1. The summed E-state index contributed by atoms with van der Waals surface area (Å²) in [5.41, 5.74) is 1.92. The van der Waals surface area contributed by atoms with Crippen molar-refractivity contribution in [3.05, 3.63) is 47.2 Å². The number of benzene rings is 1. The second-order valence-electron chi connectivity index (χ2n) is 4.06. The molecule has 0 radical (unpaired) electrons. The van der Waals surface area contributed by atoms with Gasteiger partial charge in [0.1, 0.15) is 12.4 Å². The van der Waals surface area contributed by atoms with Gasteiger partial charge in [0.05, 0.1) is 23.4 Å². The summed E-state index contributed by atoms with van der Waals surface area (Å²) in [7, 11) is 1.87. The standard InChI is InChI=1S/C15H17ClN2O2/c1-3-19-14-6-4-5-13(17-2)11(14)10-20-15-9-18-8-7-12(15)16/h4-9,17H,3,10H2,1-2H3. The lowest BCUT2D eigenvalue weighted by atomic mass is 10.1. The number of ether oxygens (including phenoxy) is 2. The van der Waals surface area contributed by atoms with Crippen molar-refractivity contribution in [1.82, 2.24) is 4.98 Å². The Bertz CT molecular complexity index is 576. The Kier molecular flexibility index (Phi) is 5.07. The number of hydrogen-bond donors (Lipinski definition) is 1. The lowest BCUT2D eigenvalue weighted by Gasteiger charge is -2.15. The van der Waals surface area contributed by atoms with Gasteiger partial charge in [-0.3, -0.25) is 4.98 Å². The topological polar surface area (TPSA) is 43.4 Å². The number of hydrogen-bond acceptors (Lipinski definition) is 4. The first-order valence-electron chi connectivity index (χ1n) is 6.41. The minimum Gasteiger partial charge on any atom is -0.493 e. The molecule has 0 fully saturated rings. The summed E-state index contributed by atoms with van der Waals surface area (Å²) < 4.78 is 11.4. The number of nitrogens with zero attached hydrogens (tertiary/aromatic N) is 1. The van der Waals surface area contributed by atoms with E-state index >= 15 is 0 Å². The zero-order chi connectivity index (χ0) is 14.4. The van der Waals surface area contributed by atoms with Crippen molar-refractivity contribution in [3.8, 4) is 11.5 Å². The molecule has 0 saturated heterocycles. The first kappa shape index (κ1) is 14.5. The molecule has 0 unspecified atom stereocenters. The van der Waals surface area contributed by atoms with Crippen molar-refractivity contribution in [2.75, 3.05) is 19.0 Å². The van der Waals surface area contributed by atoms with Crippen molar-refractivity contribution in [2.45, 2.75) is 13.5 Å². The van der Waals surface area contributed by atoms with Gasteiger partial charge in [-0.25, -0.2) is 0 Å². The lowest BCUT2D eigenvalue weighted by Crippen LogP contribution is -2.05. The number of pyridine rings is 1. The molecule has 2 rings (SSSR count). The first-order chi connectivity index (χ1) is 9.76. The maximum absolute atomic E-state index is 6.05. The molecule has 1 N–H and O–H groups in total. The van der Waals surface area contributed by atoms with Crippen molar-refractivity contribution in [3.63, 3.8) is 0 Å². The highest BCUT2D eigenvalue weighted by molar-refractivity contribution is 6.31. The van der Waals surface area contributed by atoms with E-state index in [0.717, 1.165) is 17.0 Å². The summed E-state index contributed by atoms with van der Waals surface area (Å²) in [6.07, 6.45) is 3.23. The van der Waals surface area contributed by atoms with Crippen LogP contribution in [-0.2, 0) is 6.61 Å². The summed E-state index contributed by atoms with van der Waals surface area (Å²) >= 11 is 6.05. The van der Waals surface area contributed by atoms with E-state index in [4.69, 9.17) is 21.1 Å². The highest BCUT2D eigenvalue weighted by Gasteiger charge is 2.10. The zero-order valence-electron chi connectivity index (χ0n) is 11.5. The van der Waals surface area contributed by atoms with Crippen molar-refractivity contribution >= 4 is 17.3 Å². The molecule has 20 heavy (non-hydrogen) atoms. The third kappa shape index (κ3) is 3.33. The minimum atomic E-state index is 0.359. The third-order valence-corrected chi connectivity index (χ3v) is 3.12. The molecule has 1 heterocycles. The fourth-order valence-electron chi connectivity index (χ4n) is 1.86. The van der Waals surface area contributed by atoms with Crippen LogP contribution < -0.4 is 14.8 Å². The molecule has 1 aromatic carbocycles. The van der Waals surface area contributed by atoms with Gasteiger partial charge in [-0.1, -0.05) is 17.7 Å². The van der Waals surface area contributed by atoms with Gasteiger partial charge in [0.15, 0.2) is 5.75 Å². The van der Waals surface area contributed by atoms with E-state index in [1.54, 1.807) is 18.5 Å². The van der Waals surface area contributed by atoms with E-state index in [-0.39, 0.29) is 0 Å². The first-order valence-corrected chi connectivity index (χ1v) is 6.78. The molecule has 0 saturated carbocycles. The smallest absolute Gasteiger partial charge is 0.156 e. The van der Waals surface area contributed by atoms with Crippen LogP contribution in [0.2, 0.25) is 5.02 Å². The van der Waals surface area contributed by atoms with E-state index in [0.29, 0.717) is 24.0 Å². The maximum Gasteiger partial charge on any atom is 0.156 e. The van der Waals surface area contributed by atoms with Gasteiger partial charge in [-0.05, 0) is 25.1 Å². The van der Waals surface area contributed by atoms with Crippen molar-refractivity contribution in [2.24, 2.45) is 0 Å². The predicted octanol–water partition coefficient (Wildman–Crippen LogP) is 3.75. The Morgan fingerprint density at radius 1 is 1.20 bits per heavy atom. The van der Waals surface area contributed by atoms with Crippen molar-refractivity contribution < 1.29 is 9.47 Å². The van der Waals surface area contributed by atoms with Crippen molar-refractivity contribution in [1.29, 1.82) is 0 Å². The van der Waals surface area contributed by atoms with Gasteiger partial charge in [-0.15, -0.1) is 0 Å². The summed E-state index contributed by atoms with van der Waals surface area (Å²) in [6.45, 7) is 2.92. The van der Waals surface area contributed by atoms with Crippen LogP contribution in [0.1, 0.15) is 12.5 Å². The van der Waals surface area contributed by atoms with E-state index in [2.05, 4.69) is 10.3 Å². The van der Waals surface area contributed by atoms with Gasteiger partial charge < -0.3 is 14.8 Å². The Hall–Kier alpha value is -1.94. The molecule has 5 heteroatoms. The van der Waals surface area contributed by atoms with Crippen LogP contribution in [0.5, 0.6) is 11.5 Å². The molecule has 1 aromatic heterocycles. The minimum absolute atomic E-state index is 0.359. The average Bonchev–Trinajstić information content (AvgIpc) is 2.47. The molecular formula is C15H17ClN2O2. The highest BCUT2D eigenvalue weighted by atomic mass is 35.5. The normalized spacial score (nSPS) is 10.2. The molecular weight excluding hydrogens is 276 g/mol. The average molecular weight is 293 g/mol. The molecule has 0 aliphatic rings. The van der Waals surface area contributed by atoms with Crippen LogP contribution in [0, 0.1) is 0 Å². The maximum atomic E-state index is 6.05. The Balaban J connectivity index is 2.21. The Labute approximate surface area is 123 Å². The monoisotopic (exact) mass is 292 g/mol. The fraction of sp³-hybridized carbons (Fsp3) is 0.267. The number of rotatable bonds is 6. The Morgan fingerprint density at radius 3 is 2.75 bits per heavy atom. The zero-order valence-corrected chi connectivity index (χ0v) is 12.3. The van der Waals surface area contributed by atoms with Crippen LogP contribution in [0.4, 0.5) is 5.69 Å². The van der Waals surface area contributed by atoms with Crippen LogP contribution >= 0.6 is 11.6 Å². The third-order valence-electron chi connectivity index (χ3n) is 2.81. The van der Waals surface area contributed by atoms with Crippen LogP contribution in [0.15, 0.2) is 36.7 Å². The van der Waals surface area contributed by atoms with E-state index in [9.17, 15) is 0 Å². The predicted molar refractivity (Wildman–Crippen MR) is 80.7 cm³/mol. The number of nitrogens with one attached hydrogen (secondary N) is 1. The molecule has 4 nitrogen and oxygen atoms in total. The van der Waals surface area contributed by atoms with Gasteiger partial charge in [0, 0.05) is 18.9 Å². The SMILES string of the molecule is CCOc1cccc(NC)c1COc1cnccc1Cl. The molecule has 0 atom stereocenters. The molecule has 0 amide bonds. The summed E-state index contributed by atoms with van der Waals surface area (Å²) in [5.74, 6) is 1.36. The molecule has 0 aliphatic heterocycles. The van der Waals surface area contributed by atoms with Gasteiger partial charge >= 0.3 is 0 Å². The molecule has 2 aromatic rings. The fourth-order valence-corrected chi connectivity index (χ4v) is 2.02.